The SMILES string of the molecule is CCOC(=O)c1c(NC(=O)/C=C2\SC(=O)NC2=O)sc(C)c1C. The number of rotatable bonds is 4. The molecule has 2 rings (SSSR count). The summed E-state index contributed by atoms with van der Waals surface area (Å²) in [6, 6.07) is 0. The molecule has 9 heteroatoms. The van der Waals surface area contributed by atoms with Crippen LogP contribution in [0.4, 0.5) is 9.80 Å². The normalized spacial score (nSPS) is 15.7. The van der Waals surface area contributed by atoms with Gasteiger partial charge in [-0.1, -0.05) is 0 Å². The Morgan fingerprint density at radius 2 is 2.00 bits per heavy atom. The summed E-state index contributed by atoms with van der Waals surface area (Å²) in [4.78, 5) is 47.4. The second-order valence-corrected chi connectivity index (χ2v) is 6.79. The van der Waals surface area contributed by atoms with Crippen LogP contribution in [0.2, 0.25) is 0 Å². The highest BCUT2D eigenvalue weighted by Crippen LogP contribution is 2.33. The molecular weight excluding hydrogens is 340 g/mol. The van der Waals surface area contributed by atoms with Crippen molar-refractivity contribution in [3.63, 3.8) is 0 Å². The molecule has 3 amide bonds. The first kappa shape index (κ1) is 17.2. The molecule has 0 saturated carbocycles. The highest BCUT2D eigenvalue weighted by atomic mass is 32.2. The molecule has 2 heterocycles. The quantitative estimate of drug-likeness (QED) is 0.636. The Morgan fingerprint density at radius 1 is 1.30 bits per heavy atom. The standard InChI is InChI=1S/C14H14N2O5S2/c1-4-21-13(19)10-6(2)7(3)22-12(10)15-9(17)5-8-11(18)16-14(20)23-8/h5H,4H2,1-3H3,(H,15,17)(H,16,18,20)/b8-5-. The lowest BCUT2D eigenvalue weighted by Gasteiger charge is -2.05. The van der Waals surface area contributed by atoms with Crippen molar-refractivity contribution < 1.29 is 23.9 Å². The van der Waals surface area contributed by atoms with Gasteiger partial charge < -0.3 is 10.1 Å². The monoisotopic (exact) mass is 354 g/mol. The van der Waals surface area contributed by atoms with Gasteiger partial charge in [-0.15, -0.1) is 11.3 Å². The third-order valence-corrected chi connectivity index (χ3v) is 4.94. The lowest BCUT2D eigenvalue weighted by atomic mass is 10.1. The largest absolute Gasteiger partial charge is 0.462 e. The van der Waals surface area contributed by atoms with Gasteiger partial charge in [0.05, 0.1) is 17.1 Å². The van der Waals surface area contributed by atoms with Gasteiger partial charge >= 0.3 is 5.97 Å². The summed E-state index contributed by atoms with van der Waals surface area (Å²) in [5, 5.41) is 4.46. The summed E-state index contributed by atoms with van der Waals surface area (Å²) in [6.07, 6.45) is 1.03. The predicted molar refractivity (Wildman–Crippen MR) is 87.6 cm³/mol. The zero-order valence-electron chi connectivity index (χ0n) is 12.6. The van der Waals surface area contributed by atoms with Crippen molar-refractivity contribution in [2.75, 3.05) is 11.9 Å². The van der Waals surface area contributed by atoms with Crippen LogP contribution in [0, 0.1) is 13.8 Å². The minimum absolute atomic E-state index is 0.00943. The highest BCUT2D eigenvalue weighted by molar-refractivity contribution is 8.18. The number of esters is 1. The van der Waals surface area contributed by atoms with Crippen LogP contribution in [0.25, 0.3) is 0 Å². The Hall–Kier alpha value is -2.13. The Kier molecular flexibility index (Phi) is 5.22. The van der Waals surface area contributed by atoms with Crippen molar-refractivity contribution >= 4 is 51.1 Å². The van der Waals surface area contributed by atoms with E-state index < -0.39 is 23.0 Å². The summed E-state index contributed by atoms with van der Waals surface area (Å²) < 4.78 is 5.00. The molecule has 0 radical (unpaired) electrons. The number of ether oxygens (including phenoxy) is 1. The molecular formula is C14H14N2O5S2. The number of thioether (sulfide) groups is 1. The fourth-order valence-corrected chi connectivity index (χ4v) is 3.56. The van der Waals surface area contributed by atoms with Crippen LogP contribution < -0.4 is 10.6 Å². The molecule has 0 aromatic carbocycles. The van der Waals surface area contributed by atoms with Gasteiger partial charge in [-0.2, -0.15) is 0 Å². The maximum absolute atomic E-state index is 12.0. The van der Waals surface area contributed by atoms with Crippen LogP contribution in [0.5, 0.6) is 0 Å². The fourth-order valence-electron chi connectivity index (χ4n) is 1.85. The van der Waals surface area contributed by atoms with Gasteiger partial charge in [-0.25, -0.2) is 4.79 Å². The van der Waals surface area contributed by atoms with Crippen molar-refractivity contribution in [2.45, 2.75) is 20.8 Å². The van der Waals surface area contributed by atoms with Crippen molar-refractivity contribution in [3.8, 4) is 0 Å². The zero-order chi connectivity index (χ0) is 17.1. The molecule has 23 heavy (non-hydrogen) atoms. The fraction of sp³-hybridized carbons (Fsp3) is 0.286. The van der Waals surface area contributed by atoms with Crippen molar-refractivity contribution in [1.29, 1.82) is 0 Å². The van der Waals surface area contributed by atoms with E-state index >= 15 is 0 Å². The molecule has 0 bridgehead atoms. The van der Waals surface area contributed by atoms with E-state index in [2.05, 4.69) is 10.6 Å². The van der Waals surface area contributed by atoms with Gasteiger partial charge in [-0.3, -0.25) is 19.7 Å². The molecule has 1 fully saturated rings. The molecule has 122 valence electrons. The average molecular weight is 354 g/mol. The molecule has 1 aliphatic heterocycles. The number of imide groups is 1. The van der Waals surface area contributed by atoms with Crippen LogP contribution in [0.3, 0.4) is 0 Å². The smallest absolute Gasteiger partial charge is 0.341 e. The van der Waals surface area contributed by atoms with E-state index in [4.69, 9.17) is 4.74 Å². The van der Waals surface area contributed by atoms with E-state index in [0.717, 1.165) is 16.5 Å². The van der Waals surface area contributed by atoms with Crippen molar-refractivity contribution in [1.82, 2.24) is 5.32 Å². The van der Waals surface area contributed by atoms with Crippen molar-refractivity contribution in [3.05, 3.63) is 27.0 Å². The number of carbonyl (C=O) groups excluding carboxylic acids is 4. The lowest BCUT2D eigenvalue weighted by molar-refractivity contribution is -0.116. The summed E-state index contributed by atoms with van der Waals surface area (Å²) in [5.41, 5.74) is 1.04. The molecule has 0 unspecified atom stereocenters. The Bertz CT molecular complexity index is 736. The molecule has 0 aliphatic carbocycles. The topological polar surface area (TPSA) is 102 Å². The zero-order valence-corrected chi connectivity index (χ0v) is 14.3. The minimum Gasteiger partial charge on any atom is -0.462 e. The lowest BCUT2D eigenvalue weighted by Crippen LogP contribution is -2.19. The van der Waals surface area contributed by atoms with Gasteiger partial charge in [0.2, 0.25) is 5.91 Å². The number of thiophene rings is 1. The molecule has 2 N–H and O–H groups in total. The van der Waals surface area contributed by atoms with Gasteiger partial charge in [0, 0.05) is 11.0 Å². The van der Waals surface area contributed by atoms with Crippen LogP contribution in [0.15, 0.2) is 11.0 Å². The van der Waals surface area contributed by atoms with Crippen LogP contribution >= 0.6 is 23.1 Å². The second-order valence-electron chi connectivity index (χ2n) is 4.55. The average Bonchev–Trinajstić information content (AvgIpc) is 2.90. The predicted octanol–water partition coefficient (Wildman–Crippen LogP) is 2.35. The summed E-state index contributed by atoms with van der Waals surface area (Å²) >= 11 is 1.90. The molecule has 1 aromatic heterocycles. The molecule has 0 atom stereocenters. The summed E-state index contributed by atoms with van der Waals surface area (Å²) in [5.74, 6) is -1.72. The summed E-state index contributed by atoms with van der Waals surface area (Å²) in [7, 11) is 0. The van der Waals surface area contributed by atoms with Crippen LogP contribution in [-0.2, 0) is 14.3 Å². The number of amides is 3. The van der Waals surface area contributed by atoms with E-state index in [0.29, 0.717) is 22.3 Å². The highest BCUT2D eigenvalue weighted by Gasteiger charge is 2.27. The number of hydrogen-bond donors (Lipinski definition) is 2. The number of aryl methyl sites for hydroxylation is 1. The minimum atomic E-state index is -0.612. The third kappa shape index (κ3) is 3.80. The third-order valence-electron chi connectivity index (χ3n) is 3.01. The molecule has 1 aromatic rings. The number of anilines is 1. The maximum Gasteiger partial charge on any atom is 0.341 e. The van der Waals surface area contributed by atoms with Crippen LogP contribution in [-0.4, -0.2) is 29.6 Å². The van der Waals surface area contributed by atoms with E-state index in [1.807, 2.05) is 6.92 Å². The molecule has 7 nitrogen and oxygen atoms in total. The first-order valence-electron chi connectivity index (χ1n) is 6.66. The van der Waals surface area contributed by atoms with E-state index in [1.54, 1.807) is 13.8 Å². The number of hydrogen-bond acceptors (Lipinski definition) is 7. The Labute approximate surface area is 140 Å². The first-order valence-corrected chi connectivity index (χ1v) is 8.29. The van der Waals surface area contributed by atoms with E-state index in [9.17, 15) is 19.2 Å². The van der Waals surface area contributed by atoms with Crippen molar-refractivity contribution in [2.24, 2.45) is 0 Å². The molecule has 1 aliphatic rings. The first-order chi connectivity index (χ1) is 10.8. The van der Waals surface area contributed by atoms with E-state index in [1.165, 1.54) is 11.3 Å². The van der Waals surface area contributed by atoms with Gasteiger partial charge in [0.1, 0.15) is 5.00 Å². The van der Waals surface area contributed by atoms with Crippen LogP contribution in [0.1, 0.15) is 27.7 Å². The Balaban J connectivity index is 2.23. The Morgan fingerprint density at radius 3 is 2.57 bits per heavy atom. The van der Waals surface area contributed by atoms with Gasteiger partial charge in [-0.05, 0) is 38.1 Å². The van der Waals surface area contributed by atoms with Gasteiger partial charge in [0.15, 0.2) is 0 Å². The summed E-state index contributed by atoms with van der Waals surface area (Å²) in [6.45, 7) is 5.52. The number of nitrogens with one attached hydrogen (secondary N) is 2. The second kappa shape index (κ2) is 6.97. The molecule has 1 saturated heterocycles. The maximum atomic E-state index is 12.0. The number of carbonyl (C=O) groups is 4. The molecule has 0 spiro atoms. The van der Waals surface area contributed by atoms with Gasteiger partial charge in [0.25, 0.3) is 11.1 Å². The van der Waals surface area contributed by atoms with E-state index in [-0.39, 0.29) is 11.5 Å².